The average Bonchev–Trinajstić information content (AvgIpc) is 0.759. The molecule has 2 bridgehead atoms. The molecular weight excluding hydrogens is 1460 g/mol. The minimum atomic E-state index is -2.21. The van der Waals surface area contributed by atoms with Crippen LogP contribution in [0.3, 0.4) is 0 Å². The molecule has 0 spiro atoms. The number of nitrogens with two attached hydrogens (primary N) is 1. The summed E-state index contributed by atoms with van der Waals surface area (Å²) in [5.74, 6) is 7.13. The fourth-order valence-corrected chi connectivity index (χ4v) is 15.9. The number of amides is 1. The normalized spacial score (nSPS) is 32.7. The lowest BCUT2D eigenvalue weighted by atomic mass is 9.72. The van der Waals surface area contributed by atoms with Crippen molar-refractivity contribution in [2.75, 3.05) is 73.3 Å². The van der Waals surface area contributed by atoms with Gasteiger partial charge in [-0.05, 0) is 87.5 Å². The number of methoxy groups -OCH3 is 5. The molecule has 0 unspecified atom stereocenters. The number of hydrogen-bond donors (Lipinski definition) is 10. The van der Waals surface area contributed by atoms with Gasteiger partial charge in [-0.15, -0.1) is 0 Å². The number of carboxylic acid groups (broad SMARTS) is 1. The number of allylic oxidation sites excluding steroid dienone is 2. The number of likely N-dealkylation sites (N-methyl/N-ethyl adjacent to an activating group) is 1. The topological polar surface area (TPSA) is 406 Å². The number of fused-ring (bicyclic) bond motifs is 2. The molecule has 0 aromatic heterocycles. The number of Topliss-reactive ketones (excluding diaryl/α,β-unsaturated/α-hetero) is 2. The Labute approximate surface area is 594 Å². The number of halogens is 1. The van der Waals surface area contributed by atoms with Gasteiger partial charge in [-0.3, -0.25) is 33.6 Å². The van der Waals surface area contributed by atoms with Crippen molar-refractivity contribution in [3.05, 3.63) is 49.6 Å². The number of rotatable bonds is 32. The van der Waals surface area contributed by atoms with E-state index in [-0.39, 0.29) is 102 Å². The maximum Gasteiger partial charge on any atom is 0.322 e. The monoisotopic (exact) mass is 1550 g/mol. The lowest BCUT2D eigenvalue weighted by Crippen LogP contribution is -2.65. The molecule has 11 N–H and O–H groups in total. The highest BCUT2D eigenvalue weighted by Gasteiger charge is 2.52. The Kier molecular flexibility index (Phi) is 31.4. The highest BCUT2D eigenvalue weighted by atomic mass is 127. The number of esters is 1. The molecule has 4 saturated heterocycles. The number of nitrogens with one attached hydrogen (secondary N) is 3. The van der Waals surface area contributed by atoms with Gasteiger partial charge < -0.3 is 104 Å². The molecule has 0 saturated carbocycles. The number of aliphatic hydroxyl groups is 5. The van der Waals surface area contributed by atoms with Crippen LogP contribution in [0, 0.1) is 40.1 Å². The van der Waals surface area contributed by atoms with Crippen LogP contribution in [0.15, 0.2) is 34.9 Å². The SMILES string of the molecule is CCN[C@H]1CO[C@@H](O[C@H]2[C@H](O[C@H]3C#C/C=C\C#C[C@]4(O)CC(=O)C(CC(=O)OC)=C3/C4=C\CSSC[C@H](CC(=O)CCCN)C(=O)NCC(=O)O)O[C@H](C)[C@@H](NO[C@H]3C[C@H](O)[C@H](SC(=O)c4c(C)c(I)c(O[C@@H]5O[C@@H](C)[C@H](O)[C@@H](OC)[C@H]5O)c(OC)c4OC)[C@@H](C)O3)[C@@H]2O)C[C@@H]1OC. The molecule has 6 aliphatic rings. The van der Waals surface area contributed by atoms with E-state index >= 15 is 0 Å². The first-order chi connectivity index (χ1) is 46.8. The molecule has 2 aliphatic carbocycles. The van der Waals surface area contributed by atoms with Crippen LogP contribution in [0.4, 0.5) is 0 Å². The van der Waals surface area contributed by atoms with E-state index in [9.17, 15) is 59.4 Å². The van der Waals surface area contributed by atoms with E-state index in [0.717, 1.165) is 18.9 Å². The van der Waals surface area contributed by atoms with Crippen LogP contribution in [0.25, 0.3) is 0 Å². The number of ether oxygens (including phenoxy) is 12. The minimum absolute atomic E-state index is 0.00179. The first-order valence-corrected chi connectivity index (χ1v) is 36.3. The van der Waals surface area contributed by atoms with Crippen molar-refractivity contribution in [1.82, 2.24) is 16.1 Å². The number of thioether (sulfide) groups is 1. The van der Waals surface area contributed by atoms with E-state index in [0.29, 0.717) is 22.1 Å². The first kappa shape index (κ1) is 80.8. The number of hydroxylamine groups is 1. The van der Waals surface area contributed by atoms with Gasteiger partial charge in [-0.2, -0.15) is 5.48 Å². The Balaban J connectivity index is 1.13. The number of benzene rings is 1. The van der Waals surface area contributed by atoms with Gasteiger partial charge in [-0.1, -0.05) is 70.0 Å². The largest absolute Gasteiger partial charge is 0.492 e. The number of carbonyl (C=O) groups is 6. The fourth-order valence-electron chi connectivity index (χ4n) is 12.0. The van der Waals surface area contributed by atoms with Crippen LogP contribution in [-0.2, 0) is 71.4 Å². The summed E-state index contributed by atoms with van der Waals surface area (Å²) in [6, 6.07) is -1.39. The van der Waals surface area contributed by atoms with E-state index < -0.39 is 163 Å². The summed E-state index contributed by atoms with van der Waals surface area (Å²) >= 11 is 2.78. The van der Waals surface area contributed by atoms with Crippen LogP contribution in [0.5, 0.6) is 17.2 Å². The fraction of sp³-hybridized carbons (Fsp3) is 0.662. The van der Waals surface area contributed by atoms with E-state index in [1.54, 1.807) is 40.9 Å². The molecule has 98 heavy (non-hydrogen) atoms. The van der Waals surface area contributed by atoms with Gasteiger partial charge in [0.05, 0.1) is 104 Å². The molecule has 29 nitrogen and oxygen atoms in total. The minimum Gasteiger partial charge on any atom is -0.492 e. The standard InChI is InChI=1S/C65H89IN4O25S3/c1-11-68-39-29-88-46(26-43(39)83-6)93-58-53(78)51(70-95-47-25-40(72)60(34(5)89-47)98-62(81)48-31(2)50(66)56(59(87-10)55(48)85-8)94-63-54(79)57(86-9)52(77)33(4)91-63)32(3)90-64(58)92-42-18-14-12-13-15-20-65(82)27-41(73)37(24-45(76)84-7)49(42)38(65)19-22-96-97-30-35(23-36(71)17-16-21-67)61(80)69-28-44(74)75/h12-13,19,32-35,39-40,42-43,46-47,51-54,57-58,60,63-64,68,70,72,77-79,82H,11,16-17,21-30,67H2,1-10H3,(H,69,80)(H,74,75)/b13-12-,38-19+/t32-,33+,34-,35+,39+,40+,42+,43+,46+,47+,51-,52+,53+,54-,57-,58-,60-,63+,64+,65+/m1/s1. The quantitative estimate of drug-likeness (QED) is 0.0122. The van der Waals surface area contributed by atoms with Crippen LogP contribution < -0.4 is 36.1 Å². The van der Waals surface area contributed by atoms with Crippen LogP contribution >= 0.6 is 55.9 Å². The summed E-state index contributed by atoms with van der Waals surface area (Å²) in [6.45, 7) is 8.81. The number of aliphatic carboxylic acids is 1. The Morgan fingerprint density at radius 1 is 0.878 bits per heavy atom. The molecule has 20 atom stereocenters. The average molecular weight is 1550 g/mol. The van der Waals surface area contributed by atoms with E-state index in [1.807, 2.05) is 29.5 Å². The van der Waals surface area contributed by atoms with Gasteiger partial charge in [0.15, 0.2) is 41.8 Å². The second-order valence-electron chi connectivity index (χ2n) is 23.8. The molecule has 1 aromatic rings. The number of ketones is 2. The zero-order valence-corrected chi connectivity index (χ0v) is 60.6. The molecule has 4 fully saturated rings. The van der Waals surface area contributed by atoms with Gasteiger partial charge in [0.25, 0.3) is 0 Å². The third kappa shape index (κ3) is 20.2. The summed E-state index contributed by atoms with van der Waals surface area (Å²) in [4.78, 5) is 85.7. The molecule has 0 radical (unpaired) electrons. The Hall–Kier alpha value is -4.52. The van der Waals surface area contributed by atoms with Crippen molar-refractivity contribution < 1.29 is 121 Å². The smallest absolute Gasteiger partial charge is 0.322 e. The third-order valence-electron chi connectivity index (χ3n) is 17.2. The molecule has 544 valence electrons. The lowest BCUT2D eigenvalue weighted by Gasteiger charge is -2.46. The maximum absolute atomic E-state index is 14.5. The summed E-state index contributed by atoms with van der Waals surface area (Å²) < 4.78 is 72.9. The maximum atomic E-state index is 14.5. The van der Waals surface area contributed by atoms with Crippen molar-refractivity contribution in [3.8, 4) is 40.9 Å². The molecular formula is C65H89IN4O25S3. The predicted molar refractivity (Wildman–Crippen MR) is 364 cm³/mol. The van der Waals surface area contributed by atoms with E-state index in [1.165, 1.54) is 55.1 Å². The van der Waals surface area contributed by atoms with E-state index in [2.05, 4.69) is 39.8 Å². The summed E-state index contributed by atoms with van der Waals surface area (Å²) in [5, 5.41) is 72.3. The highest BCUT2D eigenvalue weighted by Crippen LogP contribution is 2.49. The lowest BCUT2D eigenvalue weighted by molar-refractivity contribution is -0.336. The Morgan fingerprint density at radius 2 is 1.60 bits per heavy atom. The van der Waals surface area contributed by atoms with E-state index in [4.69, 9.17) is 67.4 Å². The Bertz CT molecular complexity index is 3200. The number of hydrogen-bond acceptors (Lipinski definition) is 30. The second-order valence-corrected chi connectivity index (χ2v) is 28.6. The molecule has 4 heterocycles. The van der Waals surface area contributed by atoms with Crippen molar-refractivity contribution in [3.63, 3.8) is 0 Å². The molecule has 1 aromatic carbocycles. The zero-order chi connectivity index (χ0) is 71.7. The van der Waals surface area contributed by atoms with Gasteiger partial charge in [-0.25, -0.2) is 0 Å². The molecule has 4 aliphatic heterocycles. The highest BCUT2D eigenvalue weighted by molar-refractivity contribution is 14.1. The summed E-state index contributed by atoms with van der Waals surface area (Å²) in [5.41, 5.74) is 6.65. The molecule has 33 heteroatoms. The van der Waals surface area contributed by atoms with Gasteiger partial charge in [0, 0.05) is 68.1 Å². The zero-order valence-electron chi connectivity index (χ0n) is 56.0. The molecule has 7 rings (SSSR count). The first-order valence-electron chi connectivity index (χ1n) is 31.8. The van der Waals surface area contributed by atoms with Crippen LogP contribution in [0.1, 0.15) is 88.6 Å². The van der Waals surface area contributed by atoms with Crippen molar-refractivity contribution in [2.45, 2.75) is 195 Å². The molecule has 1 amide bonds. The van der Waals surface area contributed by atoms with Crippen LogP contribution in [-0.4, -0.2) is 254 Å². The second kappa shape index (κ2) is 38.1. The number of aliphatic hydroxyl groups excluding tert-OH is 4. The summed E-state index contributed by atoms with van der Waals surface area (Å²) in [6.07, 6.45) is -14.3. The van der Waals surface area contributed by atoms with Gasteiger partial charge in [0.1, 0.15) is 49.0 Å². The third-order valence-corrected chi connectivity index (χ3v) is 22.2. The Morgan fingerprint density at radius 3 is 2.27 bits per heavy atom. The van der Waals surface area contributed by atoms with Crippen LogP contribution in [0.2, 0.25) is 0 Å². The predicted octanol–water partition coefficient (Wildman–Crippen LogP) is 1.68. The van der Waals surface area contributed by atoms with Gasteiger partial charge in [0.2, 0.25) is 23.1 Å². The van der Waals surface area contributed by atoms with Crippen molar-refractivity contribution in [2.24, 2.45) is 11.7 Å². The number of carbonyl (C=O) groups excluding carboxylic acids is 5. The summed E-state index contributed by atoms with van der Waals surface area (Å²) in [7, 11) is 9.11. The van der Waals surface area contributed by atoms with Gasteiger partial charge >= 0.3 is 11.9 Å². The number of carboxylic acids is 1. The van der Waals surface area contributed by atoms with Crippen molar-refractivity contribution >= 4 is 90.5 Å². The van der Waals surface area contributed by atoms with Crippen molar-refractivity contribution in [1.29, 1.82) is 0 Å².